The quantitative estimate of drug-likeness (QED) is 0.494. The van der Waals surface area contributed by atoms with Crippen molar-refractivity contribution in [2.45, 2.75) is 25.7 Å². The molecule has 3 heterocycles. The number of fused-ring (bicyclic) bond motifs is 1. The van der Waals surface area contributed by atoms with Gasteiger partial charge in [-0.2, -0.15) is 0 Å². The predicted octanol–water partition coefficient (Wildman–Crippen LogP) is 4.34. The normalized spacial score (nSPS) is 16.9. The van der Waals surface area contributed by atoms with E-state index in [2.05, 4.69) is 16.1 Å². The van der Waals surface area contributed by atoms with Gasteiger partial charge in [-0.1, -0.05) is 12.1 Å². The van der Waals surface area contributed by atoms with Crippen LogP contribution in [0.15, 0.2) is 48.5 Å². The Bertz CT molecular complexity index is 1180. The first-order valence-electron chi connectivity index (χ1n) is 9.93. The first-order chi connectivity index (χ1) is 14.6. The first-order valence-corrected chi connectivity index (χ1v) is 10.7. The van der Waals surface area contributed by atoms with Crippen LogP contribution >= 0.6 is 11.3 Å². The van der Waals surface area contributed by atoms with E-state index in [0.29, 0.717) is 24.6 Å². The maximum absolute atomic E-state index is 13.2. The molecule has 1 fully saturated rings. The number of hydrogen-bond donors (Lipinski definition) is 0. The molecule has 0 N–H and O–H groups in total. The van der Waals surface area contributed by atoms with Crippen molar-refractivity contribution in [1.29, 1.82) is 0 Å². The number of hydrogen-bond acceptors (Lipinski definition) is 5. The van der Waals surface area contributed by atoms with Gasteiger partial charge >= 0.3 is 0 Å². The number of nitrogens with zero attached hydrogens (tertiary/aromatic N) is 5. The number of amides is 1. The smallest absolute Gasteiger partial charge is 0.293 e. The van der Waals surface area contributed by atoms with Gasteiger partial charge in [0.1, 0.15) is 11.6 Å². The largest absolute Gasteiger partial charge is 0.335 e. The Hall–Kier alpha value is -3.13. The lowest BCUT2D eigenvalue weighted by Gasteiger charge is -2.31. The number of rotatable bonds is 3. The van der Waals surface area contributed by atoms with Gasteiger partial charge in [0.05, 0.1) is 20.9 Å². The van der Waals surface area contributed by atoms with E-state index in [9.17, 15) is 9.18 Å². The zero-order valence-corrected chi connectivity index (χ0v) is 17.3. The van der Waals surface area contributed by atoms with Crippen LogP contribution in [0.25, 0.3) is 15.9 Å². The zero-order chi connectivity index (χ0) is 20.7. The average molecular weight is 422 g/mol. The molecule has 8 heteroatoms. The van der Waals surface area contributed by atoms with E-state index in [0.717, 1.165) is 23.4 Å². The number of thiazole rings is 1. The van der Waals surface area contributed by atoms with Gasteiger partial charge in [-0.3, -0.25) is 4.79 Å². The second-order valence-electron chi connectivity index (χ2n) is 7.48. The molecule has 0 radical (unpaired) electrons. The molecule has 1 saturated heterocycles. The fourth-order valence-corrected chi connectivity index (χ4v) is 4.97. The summed E-state index contributed by atoms with van der Waals surface area (Å²) in [7, 11) is 0. The summed E-state index contributed by atoms with van der Waals surface area (Å²) >= 11 is 1.70. The lowest BCUT2D eigenvalue weighted by Crippen LogP contribution is -2.39. The molecule has 2 aromatic heterocycles. The van der Waals surface area contributed by atoms with Crippen LogP contribution in [0.4, 0.5) is 4.39 Å². The molecule has 1 amide bonds. The Morgan fingerprint density at radius 1 is 1.13 bits per heavy atom. The average Bonchev–Trinajstić information content (AvgIpc) is 3.38. The molecule has 5 rings (SSSR count). The monoisotopic (exact) mass is 421 g/mol. The third-order valence-corrected chi connectivity index (χ3v) is 6.60. The minimum absolute atomic E-state index is 0.168. The fourth-order valence-electron chi connectivity index (χ4n) is 3.88. The number of benzene rings is 2. The minimum atomic E-state index is -0.318. The van der Waals surface area contributed by atoms with Crippen molar-refractivity contribution < 1.29 is 9.18 Å². The van der Waals surface area contributed by atoms with Gasteiger partial charge in [-0.15, -0.1) is 16.4 Å². The fraction of sp³-hybridized carbons (Fsp3) is 0.273. The highest BCUT2D eigenvalue weighted by atomic mass is 32.1. The van der Waals surface area contributed by atoms with Gasteiger partial charge in [0, 0.05) is 19.0 Å². The summed E-state index contributed by atoms with van der Waals surface area (Å²) < 4.78 is 16.0. The second-order valence-corrected chi connectivity index (χ2v) is 8.54. The van der Waals surface area contributed by atoms with Crippen molar-refractivity contribution in [3.05, 3.63) is 71.0 Å². The molecule has 6 nitrogen and oxygen atoms in total. The highest BCUT2D eigenvalue weighted by Gasteiger charge is 2.29. The molecule has 152 valence electrons. The van der Waals surface area contributed by atoms with Crippen molar-refractivity contribution >= 4 is 27.5 Å². The number of piperidine rings is 1. The topological polar surface area (TPSA) is 63.9 Å². The van der Waals surface area contributed by atoms with E-state index in [1.807, 2.05) is 23.1 Å². The number of para-hydroxylation sites is 1. The van der Waals surface area contributed by atoms with E-state index in [1.165, 1.54) is 16.8 Å². The third-order valence-electron chi connectivity index (χ3n) is 5.40. The number of aromatic nitrogens is 4. The summed E-state index contributed by atoms with van der Waals surface area (Å²) in [5.74, 6) is 0.485. The zero-order valence-electron chi connectivity index (χ0n) is 16.5. The standard InChI is InChI=1S/C22H20FN5OS/c1-14-24-20(26-28(14)17-10-8-16(23)9-11-17)22(29)27-12-4-5-15(13-27)21-25-18-6-2-3-7-19(18)30-21/h2-3,6-11,15H,4-5,12-13H2,1H3/t15-/m1/s1. The molecule has 1 aliphatic heterocycles. The Balaban J connectivity index is 1.37. The molecular weight excluding hydrogens is 401 g/mol. The van der Waals surface area contributed by atoms with Crippen LogP contribution in [-0.2, 0) is 0 Å². The Morgan fingerprint density at radius 3 is 2.73 bits per heavy atom. The summed E-state index contributed by atoms with van der Waals surface area (Å²) in [6.07, 6.45) is 1.93. The highest BCUT2D eigenvalue weighted by Crippen LogP contribution is 2.33. The van der Waals surface area contributed by atoms with Crippen LogP contribution in [0.3, 0.4) is 0 Å². The summed E-state index contributed by atoms with van der Waals surface area (Å²) in [6.45, 7) is 3.08. The molecule has 0 unspecified atom stereocenters. The van der Waals surface area contributed by atoms with Gasteiger partial charge in [-0.25, -0.2) is 19.0 Å². The molecule has 0 aliphatic carbocycles. The van der Waals surface area contributed by atoms with Gasteiger partial charge in [0.2, 0.25) is 5.82 Å². The van der Waals surface area contributed by atoms with Crippen LogP contribution in [0.1, 0.15) is 40.2 Å². The number of carbonyl (C=O) groups excluding carboxylic acids is 1. The van der Waals surface area contributed by atoms with Crippen molar-refractivity contribution in [2.75, 3.05) is 13.1 Å². The number of likely N-dealkylation sites (tertiary alicyclic amines) is 1. The van der Waals surface area contributed by atoms with E-state index in [1.54, 1.807) is 35.1 Å². The van der Waals surface area contributed by atoms with Gasteiger partial charge in [0.25, 0.3) is 5.91 Å². The third kappa shape index (κ3) is 3.47. The summed E-state index contributed by atoms with van der Waals surface area (Å²) in [4.78, 5) is 24.1. The van der Waals surface area contributed by atoms with Crippen molar-refractivity contribution in [1.82, 2.24) is 24.6 Å². The highest BCUT2D eigenvalue weighted by molar-refractivity contribution is 7.18. The summed E-state index contributed by atoms with van der Waals surface area (Å²) in [6, 6.07) is 14.1. The van der Waals surface area contributed by atoms with Crippen molar-refractivity contribution in [2.24, 2.45) is 0 Å². The van der Waals surface area contributed by atoms with Crippen LogP contribution in [0.2, 0.25) is 0 Å². The molecule has 1 atom stereocenters. The maximum Gasteiger partial charge on any atom is 0.293 e. The number of halogens is 1. The molecule has 1 aliphatic rings. The van der Waals surface area contributed by atoms with Crippen molar-refractivity contribution in [3.8, 4) is 5.69 Å². The van der Waals surface area contributed by atoms with Crippen LogP contribution < -0.4 is 0 Å². The lowest BCUT2D eigenvalue weighted by atomic mass is 9.98. The predicted molar refractivity (Wildman–Crippen MR) is 114 cm³/mol. The maximum atomic E-state index is 13.2. The SMILES string of the molecule is Cc1nc(C(=O)N2CCC[C@@H](c3nc4ccccc4s3)C2)nn1-c1ccc(F)cc1. The van der Waals surface area contributed by atoms with Crippen LogP contribution in [0, 0.1) is 12.7 Å². The first kappa shape index (κ1) is 18.9. The summed E-state index contributed by atoms with van der Waals surface area (Å²) in [5.41, 5.74) is 1.68. The molecule has 0 spiro atoms. The van der Waals surface area contributed by atoms with Gasteiger partial charge in [0.15, 0.2) is 0 Å². The van der Waals surface area contributed by atoms with E-state index >= 15 is 0 Å². The molecule has 2 aromatic carbocycles. The molecule has 0 saturated carbocycles. The Kier molecular flexibility index (Phi) is 4.78. The molecular formula is C22H20FN5OS. The van der Waals surface area contributed by atoms with E-state index in [-0.39, 0.29) is 23.5 Å². The van der Waals surface area contributed by atoms with E-state index in [4.69, 9.17) is 4.98 Å². The molecule has 4 aromatic rings. The minimum Gasteiger partial charge on any atom is -0.335 e. The number of aryl methyl sites for hydroxylation is 1. The Morgan fingerprint density at radius 2 is 1.93 bits per heavy atom. The second kappa shape index (κ2) is 7.60. The van der Waals surface area contributed by atoms with Gasteiger partial charge < -0.3 is 4.90 Å². The lowest BCUT2D eigenvalue weighted by molar-refractivity contribution is 0.0694. The van der Waals surface area contributed by atoms with Crippen LogP contribution in [-0.4, -0.2) is 43.6 Å². The van der Waals surface area contributed by atoms with Gasteiger partial charge in [-0.05, 0) is 56.2 Å². The summed E-state index contributed by atoms with van der Waals surface area (Å²) in [5, 5.41) is 5.47. The molecule has 0 bridgehead atoms. The number of carbonyl (C=O) groups is 1. The molecule has 30 heavy (non-hydrogen) atoms. The Labute approximate surface area is 177 Å². The van der Waals surface area contributed by atoms with Crippen LogP contribution in [0.5, 0.6) is 0 Å². The van der Waals surface area contributed by atoms with E-state index < -0.39 is 0 Å². The van der Waals surface area contributed by atoms with Crippen molar-refractivity contribution in [3.63, 3.8) is 0 Å².